The van der Waals surface area contributed by atoms with Gasteiger partial charge in [-0.05, 0) is 37.3 Å². The third kappa shape index (κ3) is 6.16. The van der Waals surface area contributed by atoms with Crippen molar-refractivity contribution in [2.75, 3.05) is 31.3 Å². The predicted octanol–water partition coefficient (Wildman–Crippen LogP) is 1.74. The largest absolute Gasteiger partial charge is 0.495 e. The summed E-state index contributed by atoms with van der Waals surface area (Å²) in [4.78, 5) is 35.6. The summed E-state index contributed by atoms with van der Waals surface area (Å²) in [6.45, 7) is 1.72. The molecule has 2 rings (SSSR count). The van der Waals surface area contributed by atoms with E-state index in [4.69, 9.17) is 16.3 Å². The van der Waals surface area contributed by atoms with E-state index >= 15 is 0 Å². The second-order valence-corrected chi connectivity index (χ2v) is 6.87. The van der Waals surface area contributed by atoms with Gasteiger partial charge in [-0.1, -0.05) is 11.6 Å². The molecule has 0 spiro atoms. The molecular formula is C19H22ClN4O5+. The predicted molar refractivity (Wildman–Crippen MR) is 110 cm³/mol. The number of quaternary nitrogens is 1. The Hall–Kier alpha value is -3.17. The number of nitro benzene ring substituents is 1. The summed E-state index contributed by atoms with van der Waals surface area (Å²) in [6.07, 6.45) is 0. The van der Waals surface area contributed by atoms with Gasteiger partial charge in [0.15, 0.2) is 12.6 Å². The molecule has 29 heavy (non-hydrogen) atoms. The first-order chi connectivity index (χ1) is 13.7. The minimum Gasteiger partial charge on any atom is -0.495 e. The number of likely N-dealkylation sites (N-methyl/N-ethyl adjacent to an activating group) is 1. The van der Waals surface area contributed by atoms with Gasteiger partial charge in [0.1, 0.15) is 5.75 Å². The highest BCUT2D eigenvalue weighted by molar-refractivity contribution is 6.31. The number of non-ortho nitro benzene ring substituents is 1. The summed E-state index contributed by atoms with van der Waals surface area (Å²) >= 11 is 5.96. The molecule has 2 amide bonds. The van der Waals surface area contributed by atoms with Crippen molar-refractivity contribution in [3.8, 4) is 5.75 Å². The molecule has 2 aromatic carbocycles. The van der Waals surface area contributed by atoms with E-state index in [-0.39, 0.29) is 24.0 Å². The molecule has 3 N–H and O–H groups in total. The van der Waals surface area contributed by atoms with Crippen LogP contribution in [0.15, 0.2) is 42.5 Å². The lowest BCUT2D eigenvalue weighted by molar-refractivity contribution is -0.885. The van der Waals surface area contributed by atoms with Crippen molar-refractivity contribution in [3.63, 3.8) is 0 Å². The molecule has 0 heterocycles. The van der Waals surface area contributed by atoms with Crippen LogP contribution in [0.2, 0.25) is 5.02 Å². The average Bonchev–Trinajstić information content (AvgIpc) is 2.67. The lowest BCUT2D eigenvalue weighted by Crippen LogP contribution is -3.14. The molecular weight excluding hydrogens is 400 g/mol. The van der Waals surface area contributed by atoms with Crippen molar-refractivity contribution in [2.45, 2.75) is 13.0 Å². The third-order valence-electron chi connectivity index (χ3n) is 4.35. The summed E-state index contributed by atoms with van der Waals surface area (Å²) in [7, 11) is 3.20. The minimum absolute atomic E-state index is 0.0323. The van der Waals surface area contributed by atoms with Crippen LogP contribution in [-0.2, 0) is 9.59 Å². The van der Waals surface area contributed by atoms with Crippen LogP contribution in [0.4, 0.5) is 17.1 Å². The Morgan fingerprint density at radius 2 is 1.86 bits per heavy atom. The normalized spacial score (nSPS) is 12.6. The molecule has 0 fully saturated rings. The van der Waals surface area contributed by atoms with Gasteiger partial charge < -0.3 is 20.3 Å². The van der Waals surface area contributed by atoms with Crippen LogP contribution in [0.5, 0.6) is 5.75 Å². The van der Waals surface area contributed by atoms with Gasteiger partial charge in [-0.2, -0.15) is 0 Å². The average molecular weight is 422 g/mol. The molecule has 2 aromatic rings. The van der Waals surface area contributed by atoms with E-state index in [9.17, 15) is 19.7 Å². The topological polar surface area (TPSA) is 115 Å². The summed E-state index contributed by atoms with van der Waals surface area (Å²) < 4.78 is 5.20. The van der Waals surface area contributed by atoms with Gasteiger partial charge in [-0.3, -0.25) is 19.7 Å². The van der Waals surface area contributed by atoms with Crippen molar-refractivity contribution < 1.29 is 24.1 Å². The van der Waals surface area contributed by atoms with Gasteiger partial charge in [0.05, 0.1) is 24.8 Å². The molecule has 0 bridgehead atoms. The Bertz CT molecular complexity index is 904. The molecule has 1 unspecified atom stereocenters. The number of amides is 2. The number of anilines is 2. The number of nitro groups is 1. The quantitative estimate of drug-likeness (QED) is 0.443. The molecule has 9 nitrogen and oxygen atoms in total. The van der Waals surface area contributed by atoms with Gasteiger partial charge in [0.2, 0.25) is 0 Å². The van der Waals surface area contributed by atoms with Crippen molar-refractivity contribution in [1.82, 2.24) is 0 Å². The van der Waals surface area contributed by atoms with E-state index in [1.165, 1.54) is 31.4 Å². The number of hydrogen-bond acceptors (Lipinski definition) is 5. The number of halogens is 1. The molecule has 0 radical (unpaired) electrons. The lowest BCUT2D eigenvalue weighted by Gasteiger charge is -2.21. The van der Waals surface area contributed by atoms with Crippen LogP contribution in [-0.4, -0.2) is 43.5 Å². The Kier molecular flexibility index (Phi) is 7.52. The van der Waals surface area contributed by atoms with E-state index in [1.54, 1.807) is 32.2 Å². The first-order valence-electron chi connectivity index (χ1n) is 8.72. The number of hydrogen-bond donors (Lipinski definition) is 3. The zero-order valence-electron chi connectivity index (χ0n) is 16.2. The van der Waals surface area contributed by atoms with Crippen molar-refractivity contribution in [3.05, 3.63) is 57.6 Å². The maximum absolute atomic E-state index is 12.4. The zero-order chi connectivity index (χ0) is 21.6. The number of nitrogens with one attached hydrogen (secondary N) is 3. The molecule has 0 aliphatic heterocycles. The standard InChI is InChI=1S/C19H21ClN4O5/c1-12(19(26)21-14-5-7-15(8-6-14)24(27)28)23(2)11-18(25)22-16-10-13(20)4-9-17(16)29-3/h4-10,12H,11H2,1-3H3,(H,21,26)(H,22,25)/p+1/t12-/m0/s1. The van der Waals surface area contributed by atoms with Crippen molar-refractivity contribution in [1.29, 1.82) is 0 Å². The Labute approximate surface area is 172 Å². The molecule has 0 aliphatic carbocycles. The Balaban J connectivity index is 1.94. The number of methoxy groups -OCH3 is 1. The monoisotopic (exact) mass is 421 g/mol. The summed E-state index contributed by atoms with van der Waals surface area (Å²) in [6, 6.07) is 9.86. The van der Waals surface area contributed by atoms with Gasteiger partial charge in [0.25, 0.3) is 17.5 Å². The molecule has 10 heteroatoms. The van der Waals surface area contributed by atoms with E-state index in [1.807, 2.05) is 0 Å². The molecule has 0 aromatic heterocycles. The molecule has 0 saturated heterocycles. The second kappa shape index (κ2) is 9.85. The number of carbonyl (C=O) groups excluding carboxylic acids is 2. The van der Waals surface area contributed by atoms with Crippen LogP contribution in [0.25, 0.3) is 0 Å². The van der Waals surface area contributed by atoms with Crippen LogP contribution in [0, 0.1) is 10.1 Å². The maximum Gasteiger partial charge on any atom is 0.282 e. The van der Waals surface area contributed by atoms with E-state index in [0.717, 1.165) is 0 Å². The summed E-state index contributed by atoms with van der Waals surface area (Å²) in [5, 5.41) is 16.6. The molecule has 0 saturated carbocycles. The number of nitrogens with zero attached hydrogens (tertiary/aromatic N) is 1. The minimum atomic E-state index is -0.544. The SMILES string of the molecule is COc1ccc(Cl)cc1NC(=O)C[NH+](C)[C@@H](C)C(=O)Nc1ccc([N+](=O)[O-])cc1. The van der Waals surface area contributed by atoms with Gasteiger partial charge in [-0.25, -0.2) is 0 Å². The van der Waals surface area contributed by atoms with Crippen LogP contribution >= 0.6 is 11.6 Å². The molecule has 0 aliphatic rings. The van der Waals surface area contributed by atoms with E-state index in [0.29, 0.717) is 27.0 Å². The lowest BCUT2D eigenvalue weighted by atomic mass is 10.2. The maximum atomic E-state index is 12.4. The highest BCUT2D eigenvalue weighted by atomic mass is 35.5. The highest BCUT2D eigenvalue weighted by Gasteiger charge is 2.24. The van der Waals surface area contributed by atoms with Crippen LogP contribution < -0.4 is 20.3 Å². The number of ether oxygens (including phenoxy) is 1. The Morgan fingerprint density at radius 1 is 1.21 bits per heavy atom. The Morgan fingerprint density at radius 3 is 2.45 bits per heavy atom. The van der Waals surface area contributed by atoms with Crippen molar-refractivity contribution in [2.24, 2.45) is 0 Å². The van der Waals surface area contributed by atoms with Gasteiger partial charge in [-0.15, -0.1) is 0 Å². The fraction of sp³-hybridized carbons (Fsp3) is 0.263. The molecule has 154 valence electrons. The van der Waals surface area contributed by atoms with E-state index < -0.39 is 11.0 Å². The fourth-order valence-electron chi connectivity index (χ4n) is 2.52. The first-order valence-corrected chi connectivity index (χ1v) is 9.10. The molecule has 2 atom stereocenters. The number of carbonyl (C=O) groups is 2. The van der Waals surface area contributed by atoms with Crippen molar-refractivity contribution >= 4 is 40.5 Å². The number of rotatable bonds is 8. The van der Waals surface area contributed by atoms with Crippen LogP contribution in [0.1, 0.15) is 6.92 Å². The zero-order valence-corrected chi connectivity index (χ0v) is 16.9. The third-order valence-corrected chi connectivity index (χ3v) is 4.59. The second-order valence-electron chi connectivity index (χ2n) is 6.43. The first kappa shape index (κ1) is 22.1. The van der Waals surface area contributed by atoms with Crippen LogP contribution in [0.3, 0.4) is 0 Å². The highest BCUT2D eigenvalue weighted by Crippen LogP contribution is 2.27. The van der Waals surface area contributed by atoms with Gasteiger partial charge >= 0.3 is 0 Å². The summed E-state index contributed by atoms with van der Waals surface area (Å²) in [5.74, 6) is -0.146. The number of benzene rings is 2. The fourth-order valence-corrected chi connectivity index (χ4v) is 2.69. The van der Waals surface area contributed by atoms with Gasteiger partial charge in [0, 0.05) is 22.8 Å². The van der Waals surface area contributed by atoms with E-state index in [2.05, 4.69) is 10.6 Å². The smallest absolute Gasteiger partial charge is 0.282 e. The summed E-state index contributed by atoms with van der Waals surface area (Å²) in [5.41, 5.74) is 0.820.